The Morgan fingerprint density at radius 3 is 2.75 bits per heavy atom. The summed E-state index contributed by atoms with van der Waals surface area (Å²) in [7, 11) is -3.75. The normalized spacial score (nSPS) is 19.4. The van der Waals surface area contributed by atoms with Crippen molar-refractivity contribution in [2.24, 2.45) is 0 Å². The Kier molecular flexibility index (Phi) is 3.73. The van der Waals surface area contributed by atoms with Gasteiger partial charge in [0.05, 0.1) is 24.3 Å². The van der Waals surface area contributed by atoms with Gasteiger partial charge in [-0.25, -0.2) is 8.42 Å². The van der Waals surface area contributed by atoms with Crippen LogP contribution in [0.2, 0.25) is 0 Å². The molecule has 1 aromatic carbocycles. The van der Waals surface area contributed by atoms with E-state index in [9.17, 15) is 8.42 Å². The van der Waals surface area contributed by atoms with E-state index in [-0.39, 0.29) is 17.0 Å². The molecule has 6 nitrogen and oxygen atoms in total. The first-order valence-electron chi connectivity index (χ1n) is 6.19. The molecule has 0 aliphatic carbocycles. The van der Waals surface area contributed by atoms with Crippen molar-refractivity contribution in [3.63, 3.8) is 0 Å². The summed E-state index contributed by atoms with van der Waals surface area (Å²) in [5.74, 6) is 0. The van der Waals surface area contributed by atoms with Gasteiger partial charge >= 0.3 is 0 Å². The van der Waals surface area contributed by atoms with Crippen LogP contribution in [0.4, 0.5) is 5.69 Å². The minimum absolute atomic E-state index is 0.0100. The molecule has 0 bridgehead atoms. The van der Waals surface area contributed by atoms with Gasteiger partial charge in [0.25, 0.3) is 0 Å². The molecule has 0 radical (unpaired) electrons. The van der Waals surface area contributed by atoms with Crippen LogP contribution in [0, 0.1) is 11.3 Å². The number of nitrogen functional groups attached to an aromatic ring is 1. The Morgan fingerprint density at radius 2 is 2.15 bits per heavy atom. The zero-order valence-electron chi connectivity index (χ0n) is 11.5. The smallest absolute Gasteiger partial charge is 0.245 e. The Balaban J connectivity index is 2.53. The zero-order valence-corrected chi connectivity index (χ0v) is 12.3. The van der Waals surface area contributed by atoms with Gasteiger partial charge in [-0.1, -0.05) is 0 Å². The zero-order chi connectivity index (χ0) is 15.0. The van der Waals surface area contributed by atoms with E-state index in [2.05, 4.69) is 0 Å². The molecule has 0 aromatic heterocycles. The van der Waals surface area contributed by atoms with E-state index < -0.39 is 15.6 Å². The first kappa shape index (κ1) is 14.8. The minimum atomic E-state index is -3.75. The lowest BCUT2D eigenvalue weighted by Crippen LogP contribution is -2.55. The lowest BCUT2D eigenvalue weighted by atomic mass is 10.1. The summed E-state index contributed by atoms with van der Waals surface area (Å²) >= 11 is 0. The van der Waals surface area contributed by atoms with Crippen molar-refractivity contribution in [1.82, 2.24) is 4.31 Å². The molecule has 20 heavy (non-hydrogen) atoms. The van der Waals surface area contributed by atoms with Crippen molar-refractivity contribution in [1.29, 1.82) is 5.26 Å². The molecule has 1 aromatic rings. The van der Waals surface area contributed by atoms with Gasteiger partial charge in [-0.2, -0.15) is 9.57 Å². The monoisotopic (exact) mass is 295 g/mol. The van der Waals surface area contributed by atoms with Crippen LogP contribution in [0.5, 0.6) is 0 Å². The highest BCUT2D eigenvalue weighted by Crippen LogP contribution is 2.29. The van der Waals surface area contributed by atoms with E-state index in [4.69, 9.17) is 15.7 Å². The van der Waals surface area contributed by atoms with Crippen LogP contribution in [-0.2, 0) is 14.8 Å². The number of nitriles is 1. The Bertz CT molecular complexity index is 662. The molecule has 0 spiro atoms. The van der Waals surface area contributed by atoms with Gasteiger partial charge in [0.2, 0.25) is 10.0 Å². The molecule has 0 atom stereocenters. The van der Waals surface area contributed by atoms with Crippen molar-refractivity contribution in [2.45, 2.75) is 24.3 Å². The lowest BCUT2D eigenvalue weighted by molar-refractivity contribution is -0.00771. The van der Waals surface area contributed by atoms with E-state index in [1.54, 1.807) is 13.8 Å². The number of rotatable bonds is 2. The quantitative estimate of drug-likeness (QED) is 0.819. The summed E-state index contributed by atoms with van der Waals surface area (Å²) in [4.78, 5) is -0.0100. The number of hydrogen-bond acceptors (Lipinski definition) is 5. The predicted octanol–water partition coefficient (Wildman–Crippen LogP) is 0.940. The van der Waals surface area contributed by atoms with Gasteiger partial charge in [0, 0.05) is 12.2 Å². The number of ether oxygens (including phenoxy) is 1. The van der Waals surface area contributed by atoms with Gasteiger partial charge in [-0.05, 0) is 32.0 Å². The van der Waals surface area contributed by atoms with Crippen molar-refractivity contribution < 1.29 is 13.2 Å². The highest BCUT2D eigenvalue weighted by atomic mass is 32.2. The molecular formula is C13H17N3O3S. The van der Waals surface area contributed by atoms with Crippen LogP contribution in [-0.4, -0.2) is 38.0 Å². The van der Waals surface area contributed by atoms with Gasteiger partial charge < -0.3 is 10.5 Å². The predicted molar refractivity (Wildman–Crippen MR) is 74.4 cm³/mol. The number of nitrogens with two attached hydrogens (primary N) is 1. The molecule has 7 heteroatoms. The fraction of sp³-hybridized carbons (Fsp3) is 0.462. The van der Waals surface area contributed by atoms with E-state index in [0.717, 1.165) is 0 Å². The van der Waals surface area contributed by atoms with Gasteiger partial charge in [-0.3, -0.25) is 0 Å². The number of sulfonamides is 1. The SMILES string of the molecule is CC1(C)COCCN1S(=O)(=O)c1ccc(N)cc1C#N. The number of anilines is 1. The summed E-state index contributed by atoms with van der Waals surface area (Å²) in [5.41, 5.74) is 5.38. The topological polar surface area (TPSA) is 96.4 Å². The second kappa shape index (κ2) is 5.05. The molecule has 2 N–H and O–H groups in total. The van der Waals surface area contributed by atoms with Crippen molar-refractivity contribution in [2.75, 3.05) is 25.5 Å². The van der Waals surface area contributed by atoms with Crippen molar-refractivity contribution >= 4 is 15.7 Å². The summed E-state index contributed by atoms with van der Waals surface area (Å²) < 4.78 is 32.3. The van der Waals surface area contributed by atoms with E-state index in [0.29, 0.717) is 18.9 Å². The first-order valence-corrected chi connectivity index (χ1v) is 7.63. The number of hydrogen-bond donors (Lipinski definition) is 1. The summed E-state index contributed by atoms with van der Waals surface area (Å²) in [5, 5.41) is 9.12. The molecular weight excluding hydrogens is 278 g/mol. The highest BCUT2D eigenvalue weighted by molar-refractivity contribution is 7.89. The molecule has 2 rings (SSSR count). The largest absolute Gasteiger partial charge is 0.399 e. The molecule has 1 aliphatic heterocycles. The molecule has 0 amide bonds. The molecule has 1 heterocycles. The van der Waals surface area contributed by atoms with Crippen LogP contribution < -0.4 is 5.73 Å². The van der Waals surface area contributed by atoms with Gasteiger partial charge in [0.15, 0.2) is 0 Å². The summed E-state index contributed by atoms with van der Waals surface area (Å²) in [6, 6.07) is 6.14. The first-order chi connectivity index (χ1) is 9.29. The number of morpholine rings is 1. The highest BCUT2D eigenvalue weighted by Gasteiger charge is 2.40. The van der Waals surface area contributed by atoms with Gasteiger partial charge in [0.1, 0.15) is 11.0 Å². The average Bonchev–Trinajstić information content (AvgIpc) is 2.37. The molecule has 0 unspecified atom stereocenters. The third kappa shape index (κ3) is 2.50. The molecule has 1 aliphatic rings. The van der Waals surface area contributed by atoms with Crippen LogP contribution in [0.1, 0.15) is 19.4 Å². The molecule has 1 fully saturated rings. The van der Waals surface area contributed by atoms with E-state index in [1.807, 2.05) is 6.07 Å². The Morgan fingerprint density at radius 1 is 1.45 bits per heavy atom. The maximum absolute atomic E-state index is 12.8. The third-order valence-electron chi connectivity index (χ3n) is 3.26. The standard InChI is InChI=1S/C13H17N3O3S/c1-13(2)9-19-6-5-16(13)20(17,18)12-4-3-11(15)7-10(12)8-14/h3-4,7H,5-6,9,15H2,1-2H3. The fourth-order valence-electron chi connectivity index (χ4n) is 2.27. The summed E-state index contributed by atoms with van der Waals surface area (Å²) in [6.07, 6.45) is 0. The van der Waals surface area contributed by atoms with Crippen molar-refractivity contribution in [3.05, 3.63) is 23.8 Å². The van der Waals surface area contributed by atoms with Crippen LogP contribution >= 0.6 is 0 Å². The van der Waals surface area contributed by atoms with Gasteiger partial charge in [-0.15, -0.1) is 0 Å². The number of nitrogens with zero attached hydrogens (tertiary/aromatic N) is 2. The van der Waals surface area contributed by atoms with E-state index >= 15 is 0 Å². The second-order valence-corrected chi connectivity index (χ2v) is 7.14. The molecule has 0 saturated carbocycles. The molecule has 1 saturated heterocycles. The summed E-state index contributed by atoms with van der Waals surface area (Å²) in [6.45, 7) is 4.54. The average molecular weight is 295 g/mol. The Labute approximate surface area is 118 Å². The van der Waals surface area contributed by atoms with E-state index in [1.165, 1.54) is 22.5 Å². The Hall–Kier alpha value is -1.62. The molecule has 108 valence electrons. The maximum Gasteiger partial charge on any atom is 0.245 e. The maximum atomic E-state index is 12.8. The van der Waals surface area contributed by atoms with Crippen molar-refractivity contribution in [3.8, 4) is 6.07 Å². The third-order valence-corrected chi connectivity index (χ3v) is 5.43. The van der Waals surface area contributed by atoms with Crippen LogP contribution in [0.15, 0.2) is 23.1 Å². The fourth-order valence-corrected chi connectivity index (χ4v) is 4.15. The number of benzene rings is 1. The lowest BCUT2D eigenvalue weighted by Gasteiger charge is -2.40. The van der Waals surface area contributed by atoms with Crippen LogP contribution in [0.25, 0.3) is 0 Å². The van der Waals surface area contributed by atoms with Crippen LogP contribution in [0.3, 0.4) is 0 Å². The minimum Gasteiger partial charge on any atom is -0.399 e. The second-order valence-electron chi connectivity index (χ2n) is 5.31.